The van der Waals surface area contributed by atoms with Crippen molar-refractivity contribution in [3.63, 3.8) is 0 Å². The summed E-state index contributed by atoms with van der Waals surface area (Å²) in [5, 5.41) is 0. The zero-order valence-corrected chi connectivity index (χ0v) is 9.68. The zero-order valence-electron chi connectivity index (χ0n) is 3.93. The fourth-order valence-electron chi connectivity index (χ4n) is 0. The molecule has 0 unspecified atom stereocenters. The van der Waals surface area contributed by atoms with Crippen LogP contribution in [-0.2, 0) is 4.57 Å². The third-order valence-electron chi connectivity index (χ3n) is 0. The van der Waals surface area contributed by atoms with Crippen molar-refractivity contribution in [3.8, 4) is 0 Å². The summed E-state index contributed by atoms with van der Waals surface area (Å²) in [5.41, 5.74) is 0. The first-order chi connectivity index (χ1) is 2.00. The Morgan fingerprint density at radius 3 is 1.38 bits per heavy atom. The van der Waals surface area contributed by atoms with E-state index in [-0.39, 0.29) is 58.2 Å². The molecule has 0 saturated carbocycles. The molecule has 0 aromatic carbocycles. The van der Waals surface area contributed by atoms with Gasteiger partial charge in [-0.2, -0.15) is 0 Å². The summed E-state index contributed by atoms with van der Waals surface area (Å²) in [7, 11) is -5.64. The van der Waals surface area contributed by atoms with Gasteiger partial charge in [-0.3, -0.25) is 0 Å². The van der Waals surface area contributed by atoms with Gasteiger partial charge < -0.3 is 19.1 Å². The molecule has 0 N–H and O–H groups in total. The monoisotopic (exact) mass is 260 g/mol. The molecule has 0 spiro atoms. The van der Waals surface area contributed by atoms with Crippen molar-refractivity contribution in [1.29, 1.82) is 0 Å². The normalized spacial score (nSPS) is 7.38. The van der Waals surface area contributed by atoms with Crippen molar-refractivity contribution in [2.75, 3.05) is 0 Å². The van der Waals surface area contributed by atoms with Gasteiger partial charge in [0, 0.05) is 0 Å². The van der Waals surface area contributed by atoms with Crippen molar-refractivity contribution in [1.82, 2.24) is 0 Å². The molecule has 2 radical (unpaired) electrons. The molecule has 0 fully saturated rings. The zero-order chi connectivity index (χ0) is 4.50. The topological polar surface area (TPSA) is 63.2 Å². The first-order valence-electron chi connectivity index (χ1n) is 0.717. The molecule has 0 heterocycles. The van der Waals surface area contributed by atoms with Gasteiger partial charge in [0.2, 0.25) is 0 Å². The molecule has 0 aliphatic heterocycles. The summed E-state index contributed by atoms with van der Waals surface area (Å²) in [4.78, 5) is 16.9. The molecular weight excluding hydrogens is 259 g/mol. The average molecular weight is 259 g/mol. The van der Waals surface area contributed by atoms with Gasteiger partial charge in [0.25, 0.3) is 0 Å². The van der Waals surface area contributed by atoms with E-state index in [4.69, 9.17) is 14.4 Å². The van der Waals surface area contributed by atoms with Crippen LogP contribution in [0.2, 0.25) is 0 Å². The van der Waals surface area contributed by atoms with Gasteiger partial charge in [-0.25, -0.2) is 4.20 Å². The molecule has 8 heavy (non-hydrogen) atoms. The fourth-order valence-corrected chi connectivity index (χ4v) is 0. The standard InChI is InChI=1S/FH2O3P.FH.Na.Sn/c1-5(2,3)4;;;/h(H2,2,3,4);1H;;/q;;+1;+2/p-3. The average Bonchev–Trinajstić information content (AvgIpc) is 0.722. The van der Waals surface area contributed by atoms with Crippen molar-refractivity contribution in [2.45, 2.75) is 0 Å². The maximum absolute atomic E-state index is 10.1. The summed E-state index contributed by atoms with van der Waals surface area (Å²) in [6, 6.07) is 0. The SMILES string of the molecule is O=P([O-])([O-])F.[F-].[Na+].[Sn+2]. The van der Waals surface area contributed by atoms with Crippen LogP contribution in [0.4, 0.5) is 4.20 Å². The molecule has 0 rings (SSSR count). The molecular formula is F2NaO3PSn. The Morgan fingerprint density at radius 1 is 1.38 bits per heavy atom. The third kappa shape index (κ3) is 111. The van der Waals surface area contributed by atoms with Crippen LogP contribution in [0.15, 0.2) is 0 Å². The van der Waals surface area contributed by atoms with Gasteiger partial charge in [0.1, 0.15) is 7.91 Å². The van der Waals surface area contributed by atoms with E-state index in [0.717, 1.165) is 0 Å². The van der Waals surface area contributed by atoms with Crippen molar-refractivity contribution < 1.29 is 52.8 Å². The summed E-state index contributed by atoms with van der Waals surface area (Å²) in [5.74, 6) is 0. The van der Waals surface area contributed by atoms with Crippen LogP contribution in [0.1, 0.15) is 0 Å². The van der Waals surface area contributed by atoms with E-state index in [0.29, 0.717) is 0 Å². The Bertz CT molecular complexity index is 63.4. The van der Waals surface area contributed by atoms with Gasteiger partial charge >= 0.3 is 53.5 Å². The van der Waals surface area contributed by atoms with Crippen LogP contribution in [0, 0.1) is 0 Å². The van der Waals surface area contributed by atoms with E-state index in [1.54, 1.807) is 0 Å². The molecule has 3 nitrogen and oxygen atoms in total. The summed E-state index contributed by atoms with van der Waals surface area (Å²) < 4.78 is 18.6. The number of hydrogen-bond donors (Lipinski definition) is 0. The van der Waals surface area contributed by atoms with Gasteiger partial charge in [-0.15, -0.1) is 0 Å². The van der Waals surface area contributed by atoms with Gasteiger partial charge in [-0.05, 0) is 0 Å². The van der Waals surface area contributed by atoms with E-state index < -0.39 is 7.91 Å². The van der Waals surface area contributed by atoms with Gasteiger partial charge in [-0.1, -0.05) is 0 Å². The molecule has 0 aliphatic rings. The van der Waals surface area contributed by atoms with Gasteiger partial charge in [0.15, 0.2) is 0 Å². The minimum atomic E-state index is -5.64. The van der Waals surface area contributed by atoms with Crippen molar-refractivity contribution in [2.24, 2.45) is 0 Å². The molecule has 0 bridgehead atoms. The second-order valence-corrected chi connectivity index (χ2v) is 1.29. The predicted molar refractivity (Wildman–Crippen MR) is 14.5 cm³/mol. The largest absolute Gasteiger partial charge is 2.00 e. The van der Waals surface area contributed by atoms with Crippen molar-refractivity contribution in [3.05, 3.63) is 0 Å². The Kier molecular flexibility index (Phi) is 24.8. The Morgan fingerprint density at radius 2 is 1.38 bits per heavy atom. The molecule has 0 atom stereocenters. The molecule has 8 heteroatoms. The van der Waals surface area contributed by atoms with Crippen molar-refractivity contribution >= 4 is 31.8 Å². The van der Waals surface area contributed by atoms with Crippen LogP contribution in [0.3, 0.4) is 0 Å². The Labute approximate surface area is 83.9 Å². The smallest absolute Gasteiger partial charge is 1.00 e. The maximum atomic E-state index is 10.1. The first-order valence-corrected chi connectivity index (χ1v) is 2.15. The molecule has 0 aromatic rings. The molecule has 0 aromatic heterocycles. The van der Waals surface area contributed by atoms with E-state index >= 15 is 0 Å². The Balaban J connectivity index is -0.0000000267. The predicted octanol–water partition coefficient (Wildman–Crippen LogP) is -7.59. The van der Waals surface area contributed by atoms with Crippen LogP contribution in [0.5, 0.6) is 0 Å². The second-order valence-electron chi connectivity index (χ2n) is 0.431. The van der Waals surface area contributed by atoms with E-state index in [1.165, 1.54) is 0 Å². The minimum absolute atomic E-state index is 0. The molecule has 0 saturated heterocycles. The van der Waals surface area contributed by atoms with Gasteiger partial charge in [0.05, 0.1) is 0 Å². The van der Waals surface area contributed by atoms with E-state index in [9.17, 15) is 4.20 Å². The Hall–Kier alpha value is 1.81. The van der Waals surface area contributed by atoms with Crippen LogP contribution >= 0.6 is 7.91 Å². The third-order valence-corrected chi connectivity index (χ3v) is 0. The summed E-state index contributed by atoms with van der Waals surface area (Å²) in [6.07, 6.45) is 0. The van der Waals surface area contributed by atoms with E-state index in [2.05, 4.69) is 0 Å². The number of hydrogen-bond acceptors (Lipinski definition) is 3. The summed E-state index contributed by atoms with van der Waals surface area (Å²) >= 11 is 0. The maximum Gasteiger partial charge on any atom is 2.00 e. The van der Waals surface area contributed by atoms with Crippen LogP contribution < -0.4 is 44.0 Å². The first kappa shape index (κ1) is 22.6. The molecule has 0 aliphatic carbocycles. The fraction of sp³-hybridized carbons (Fsp3) is 0. The van der Waals surface area contributed by atoms with E-state index in [1.807, 2.05) is 0 Å². The van der Waals surface area contributed by atoms with Crippen LogP contribution in [-0.4, -0.2) is 23.9 Å². The number of halogens is 2. The molecule has 0 amide bonds. The molecule has 42 valence electrons. The van der Waals surface area contributed by atoms with Crippen LogP contribution in [0.25, 0.3) is 0 Å². The minimum Gasteiger partial charge on any atom is -1.00 e. The second kappa shape index (κ2) is 8.81. The number of rotatable bonds is 0. The summed E-state index contributed by atoms with van der Waals surface area (Å²) in [6.45, 7) is 0. The quantitative estimate of drug-likeness (QED) is 0.320.